The number of hydrogen-bond donors (Lipinski definition) is 2. The number of rotatable bonds is 9. The van der Waals surface area contributed by atoms with Crippen LogP contribution < -0.4 is 15.4 Å². The number of hydrogen-bond acceptors (Lipinski definition) is 5. The predicted octanol–water partition coefficient (Wildman–Crippen LogP) is 2.49. The molecule has 10 heteroatoms. The molecule has 0 atom stereocenters. The molecule has 0 spiro atoms. The van der Waals surface area contributed by atoms with E-state index >= 15 is 0 Å². The highest BCUT2D eigenvalue weighted by Gasteiger charge is 2.24. The molecule has 186 valence electrons. The lowest BCUT2D eigenvalue weighted by Gasteiger charge is -2.32. The number of carbonyl (C=O) groups is 2. The fraction of sp³-hybridized carbons (Fsp3) is 0.609. The Balaban J connectivity index is 0.00000544. The third-order valence-electron chi connectivity index (χ3n) is 5.15. The largest absolute Gasteiger partial charge is 0.494 e. The third-order valence-corrected chi connectivity index (χ3v) is 5.15. The minimum absolute atomic E-state index is 0. The number of nitrogens with one attached hydrogen (secondary N) is 2. The number of halogens is 1. The molecule has 2 amide bonds. The van der Waals surface area contributed by atoms with Crippen LogP contribution in [0.1, 0.15) is 32.3 Å². The van der Waals surface area contributed by atoms with Crippen LogP contribution in [0.4, 0.5) is 4.79 Å². The van der Waals surface area contributed by atoms with Gasteiger partial charge in [-0.05, 0) is 50.8 Å². The molecule has 0 aromatic heterocycles. The third kappa shape index (κ3) is 10.5. The number of benzene rings is 1. The zero-order valence-electron chi connectivity index (χ0n) is 20.1. The first-order valence-electron chi connectivity index (χ1n) is 11.3. The highest BCUT2D eigenvalue weighted by molar-refractivity contribution is 14.0. The number of ether oxygens (including phenoxy) is 2. The SMILES string of the molecule is CCOC(=O)N1CCC(NC(=NCC(=O)N(C)C)NCCc2cccc(OCC)c2)CC1.I. The fourth-order valence-electron chi connectivity index (χ4n) is 3.34. The van der Waals surface area contributed by atoms with Crippen LogP contribution in [0.15, 0.2) is 29.3 Å². The van der Waals surface area contributed by atoms with E-state index in [4.69, 9.17) is 9.47 Å². The van der Waals surface area contributed by atoms with Gasteiger partial charge in [0.1, 0.15) is 12.3 Å². The first-order valence-corrected chi connectivity index (χ1v) is 11.3. The molecule has 1 aromatic carbocycles. The van der Waals surface area contributed by atoms with E-state index in [1.54, 1.807) is 19.0 Å². The molecule has 33 heavy (non-hydrogen) atoms. The van der Waals surface area contributed by atoms with E-state index in [2.05, 4.69) is 21.7 Å². The van der Waals surface area contributed by atoms with E-state index in [0.717, 1.165) is 30.6 Å². The van der Waals surface area contributed by atoms with E-state index < -0.39 is 0 Å². The summed E-state index contributed by atoms with van der Waals surface area (Å²) in [6.45, 7) is 6.79. The van der Waals surface area contributed by atoms with Crippen LogP contribution in [-0.4, -0.2) is 87.3 Å². The Labute approximate surface area is 214 Å². The quantitative estimate of drug-likeness (QED) is 0.267. The van der Waals surface area contributed by atoms with E-state index in [1.165, 1.54) is 4.90 Å². The summed E-state index contributed by atoms with van der Waals surface area (Å²) < 4.78 is 10.7. The molecule has 1 saturated heterocycles. The Hall–Kier alpha value is -2.24. The van der Waals surface area contributed by atoms with Crippen LogP contribution in [-0.2, 0) is 16.0 Å². The van der Waals surface area contributed by atoms with Gasteiger partial charge >= 0.3 is 6.09 Å². The molecule has 0 saturated carbocycles. The molecule has 0 aliphatic carbocycles. The first-order chi connectivity index (χ1) is 15.4. The van der Waals surface area contributed by atoms with Gasteiger partial charge in [0.25, 0.3) is 0 Å². The van der Waals surface area contributed by atoms with Crippen LogP contribution in [0.3, 0.4) is 0 Å². The maximum atomic E-state index is 12.0. The Morgan fingerprint density at radius 2 is 1.91 bits per heavy atom. The topological polar surface area (TPSA) is 95.5 Å². The van der Waals surface area contributed by atoms with Gasteiger partial charge in [-0.25, -0.2) is 9.79 Å². The highest BCUT2D eigenvalue weighted by atomic mass is 127. The second-order valence-corrected chi connectivity index (χ2v) is 7.81. The summed E-state index contributed by atoms with van der Waals surface area (Å²) in [6, 6.07) is 8.21. The maximum Gasteiger partial charge on any atom is 0.409 e. The van der Waals surface area contributed by atoms with Crippen molar-refractivity contribution in [3.63, 3.8) is 0 Å². The summed E-state index contributed by atoms with van der Waals surface area (Å²) in [5, 5.41) is 6.76. The molecular formula is C23H38IN5O4. The van der Waals surface area contributed by atoms with Crippen molar-refractivity contribution in [1.82, 2.24) is 20.4 Å². The number of amides is 2. The van der Waals surface area contributed by atoms with E-state index in [-0.39, 0.29) is 48.6 Å². The molecule has 1 fully saturated rings. The number of carbonyl (C=O) groups excluding carboxylic acids is 2. The summed E-state index contributed by atoms with van der Waals surface area (Å²) in [7, 11) is 3.43. The number of likely N-dealkylation sites (tertiary alicyclic amines) is 1. The van der Waals surface area contributed by atoms with Crippen molar-refractivity contribution in [2.75, 3.05) is 53.5 Å². The summed E-state index contributed by atoms with van der Waals surface area (Å²) >= 11 is 0. The number of aliphatic imine (C=N–C) groups is 1. The summed E-state index contributed by atoms with van der Waals surface area (Å²) in [5.74, 6) is 1.41. The van der Waals surface area contributed by atoms with Gasteiger partial charge in [0.15, 0.2) is 5.96 Å². The summed E-state index contributed by atoms with van der Waals surface area (Å²) in [6.07, 6.45) is 2.11. The van der Waals surface area contributed by atoms with Gasteiger partial charge in [0.05, 0.1) is 13.2 Å². The van der Waals surface area contributed by atoms with Crippen molar-refractivity contribution in [1.29, 1.82) is 0 Å². The van der Waals surface area contributed by atoms with Crippen molar-refractivity contribution in [3.05, 3.63) is 29.8 Å². The normalized spacial score (nSPS) is 14.2. The lowest BCUT2D eigenvalue weighted by molar-refractivity contribution is -0.127. The van der Waals surface area contributed by atoms with E-state index in [1.807, 2.05) is 32.0 Å². The molecule has 2 N–H and O–H groups in total. The number of piperidine rings is 1. The van der Waals surface area contributed by atoms with E-state index in [9.17, 15) is 9.59 Å². The summed E-state index contributed by atoms with van der Waals surface area (Å²) in [4.78, 5) is 31.6. The highest BCUT2D eigenvalue weighted by Crippen LogP contribution is 2.14. The fourth-order valence-corrected chi connectivity index (χ4v) is 3.34. The van der Waals surface area contributed by atoms with Crippen LogP contribution in [0.2, 0.25) is 0 Å². The van der Waals surface area contributed by atoms with Gasteiger partial charge in [-0.15, -0.1) is 24.0 Å². The maximum absolute atomic E-state index is 12.0. The lowest BCUT2D eigenvalue weighted by Crippen LogP contribution is -2.50. The van der Waals surface area contributed by atoms with Crippen molar-refractivity contribution >= 4 is 41.9 Å². The molecule has 1 aliphatic heterocycles. The molecular weight excluding hydrogens is 537 g/mol. The Bertz CT molecular complexity index is 767. The molecule has 0 bridgehead atoms. The number of guanidine groups is 1. The minimum Gasteiger partial charge on any atom is -0.494 e. The molecule has 1 aliphatic rings. The van der Waals surface area contributed by atoms with Gasteiger partial charge in [0.2, 0.25) is 5.91 Å². The number of nitrogens with zero attached hydrogens (tertiary/aromatic N) is 3. The van der Waals surface area contributed by atoms with Crippen LogP contribution in [0, 0.1) is 0 Å². The Morgan fingerprint density at radius 3 is 2.55 bits per heavy atom. The summed E-state index contributed by atoms with van der Waals surface area (Å²) in [5.41, 5.74) is 1.16. The average Bonchev–Trinajstić information content (AvgIpc) is 2.78. The Morgan fingerprint density at radius 1 is 1.18 bits per heavy atom. The van der Waals surface area contributed by atoms with Crippen molar-refractivity contribution in [2.45, 2.75) is 39.2 Å². The zero-order valence-corrected chi connectivity index (χ0v) is 22.5. The van der Waals surface area contributed by atoms with Gasteiger partial charge in [-0.3, -0.25) is 4.79 Å². The van der Waals surface area contributed by atoms with Crippen LogP contribution in [0.25, 0.3) is 0 Å². The monoisotopic (exact) mass is 575 g/mol. The average molecular weight is 575 g/mol. The van der Waals surface area contributed by atoms with Crippen molar-refractivity contribution < 1.29 is 19.1 Å². The molecule has 2 rings (SSSR count). The molecule has 1 aromatic rings. The molecule has 0 radical (unpaired) electrons. The minimum atomic E-state index is -0.260. The van der Waals surface area contributed by atoms with Crippen LogP contribution in [0.5, 0.6) is 5.75 Å². The van der Waals surface area contributed by atoms with Gasteiger partial charge in [-0.1, -0.05) is 12.1 Å². The molecule has 0 unspecified atom stereocenters. The molecule has 1 heterocycles. The van der Waals surface area contributed by atoms with Crippen molar-refractivity contribution in [2.24, 2.45) is 4.99 Å². The first kappa shape index (κ1) is 28.8. The zero-order chi connectivity index (χ0) is 23.3. The van der Waals surface area contributed by atoms with Gasteiger partial charge in [0, 0.05) is 39.8 Å². The lowest BCUT2D eigenvalue weighted by atomic mass is 10.1. The van der Waals surface area contributed by atoms with Gasteiger partial charge in [-0.2, -0.15) is 0 Å². The second kappa shape index (κ2) is 15.6. The van der Waals surface area contributed by atoms with Gasteiger partial charge < -0.3 is 29.9 Å². The number of likely N-dealkylation sites (N-methyl/N-ethyl adjacent to an activating group) is 1. The predicted molar refractivity (Wildman–Crippen MR) is 140 cm³/mol. The standard InChI is InChI=1S/C23H37N5O4.HI/c1-5-31-20-9-7-8-18(16-20)10-13-24-22(25-17-21(29)27(3)4)26-19-11-14-28(15-12-19)23(30)32-6-2;/h7-9,16,19H,5-6,10-15,17H2,1-4H3,(H2,24,25,26);1H. The smallest absolute Gasteiger partial charge is 0.409 e. The second-order valence-electron chi connectivity index (χ2n) is 7.81. The van der Waals surface area contributed by atoms with Crippen molar-refractivity contribution in [3.8, 4) is 5.75 Å². The molecule has 9 nitrogen and oxygen atoms in total. The van der Waals surface area contributed by atoms with Crippen LogP contribution >= 0.6 is 24.0 Å². The Kier molecular flexibility index (Phi) is 13.6. The van der Waals surface area contributed by atoms with E-state index in [0.29, 0.717) is 38.8 Å².